The third-order valence-corrected chi connectivity index (χ3v) is 4.08. The predicted molar refractivity (Wildman–Crippen MR) is 101 cm³/mol. The molecule has 2 rings (SSSR count). The molecule has 0 radical (unpaired) electrons. The van der Waals surface area contributed by atoms with Crippen LogP contribution in [0.25, 0.3) is 0 Å². The predicted octanol–water partition coefficient (Wildman–Crippen LogP) is 3.50. The molecule has 132 valence electrons. The Labute approximate surface area is 154 Å². The van der Waals surface area contributed by atoms with Crippen molar-refractivity contribution in [1.82, 2.24) is 5.32 Å². The van der Waals surface area contributed by atoms with Crippen LogP contribution in [0.3, 0.4) is 0 Å². The normalized spacial score (nSPS) is 11.5. The van der Waals surface area contributed by atoms with Gasteiger partial charge in [0.15, 0.2) is 0 Å². The number of carbonyl (C=O) groups is 2. The molecule has 0 bridgehead atoms. The number of rotatable bonds is 6. The van der Waals surface area contributed by atoms with E-state index >= 15 is 0 Å². The van der Waals surface area contributed by atoms with Crippen LogP contribution in [-0.4, -0.2) is 19.0 Å². The molecule has 0 aliphatic rings. The minimum atomic E-state index is -0.689. The molecule has 1 unspecified atom stereocenters. The summed E-state index contributed by atoms with van der Waals surface area (Å²) in [6.45, 7) is 1.92. The zero-order valence-corrected chi connectivity index (χ0v) is 15.6. The molecule has 1 atom stereocenters. The fraction of sp³-hybridized carbons (Fsp3) is 0.222. The summed E-state index contributed by atoms with van der Waals surface area (Å²) in [6, 6.07) is 11.6. The first kappa shape index (κ1) is 18.8. The Kier molecular flexibility index (Phi) is 6.41. The van der Waals surface area contributed by atoms with Gasteiger partial charge in [0.1, 0.15) is 5.75 Å². The quantitative estimate of drug-likeness (QED) is 0.686. The second kappa shape index (κ2) is 8.53. The first-order valence-corrected chi connectivity index (χ1v) is 8.44. The smallest absolute Gasteiger partial charge is 0.312 e. The van der Waals surface area contributed by atoms with Gasteiger partial charge in [-0.05, 0) is 42.3 Å². The number of nitrogens with two attached hydrogens (primary N) is 1. The minimum absolute atomic E-state index is 0.0382. The van der Waals surface area contributed by atoms with Gasteiger partial charge in [-0.25, -0.2) is 4.79 Å². The van der Waals surface area contributed by atoms with Gasteiger partial charge in [0.05, 0.1) is 25.3 Å². The SMILES string of the molecule is COc1ccc(C)cc1NC(=O)CC(NC(N)=O)c1cccc(Br)c1. The average molecular weight is 406 g/mol. The fourth-order valence-corrected chi connectivity index (χ4v) is 2.87. The number of anilines is 1. The Morgan fingerprint density at radius 3 is 2.64 bits per heavy atom. The number of ether oxygens (including phenoxy) is 1. The van der Waals surface area contributed by atoms with Crippen molar-refractivity contribution in [2.24, 2.45) is 5.73 Å². The van der Waals surface area contributed by atoms with Crippen molar-refractivity contribution in [3.63, 3.8) is 0 Å². The van der Waals surface area contributed by atoms with Gasteiger partial charge >= 0.3 is 6.03 Å². The van der Waals surface area contributed by atoms with E-state index in [1.165, 1.54) is 0 Å². The molecule has 0 heterocycles. The van der Waals surface area contributed by atoms with Crippen LogP contribution in [0, 0.1) is 6.92 Å². The van der Waals surface area contributed by atoms with Crippen LogP contribution in [0.1, 0.15) is 23.6 Å². The van der Waals surface area contributed by atoms with E-state index in [1.807, 2.05) is 43.3 Å². The van der Waals surface area contributed by atoms with Crippen LogP contribution in [0.2, 0.25) is 0 Å². The highest BCUT2D eigenvalue weighted by Gasteiger charge is 2.19. The van der Waals surface area contributed by atoms with Crippen LogP contribution >= 0.6 is 15.9 Å². The van der Waals surface area contributed by atoms with E-state index < -0.39 is 12.1 Å². The van der Waals surface area contributed by atoms with Gasteiger partial charge in [-0.2, -0.15) is 0 Å². The summed E-state index contributed by atoms with van der Waals surface area (Å²) in [7, 11) is 1.54. The molecule has 7 heteroatoms. The average Bonchev–Trinajstić information content (AvgIpc) is 2.54. The molecule has 0 fully saturated rings. The number of hydrogen-bond acceptors (Lipinski definition) is 3. The number of hydrogen-bond donors (Lipinski definition) is 3. The monoisotopic (exact) mass is 405 g/mol. The van der Waals surface area contributed by atoms with Gasteiger partial charge in [0.25, 0.3) is 0 Å². The van der Waals surface area contributed by atoms with Crippen LogP contribution in [0.4, 0.5) is 10.5 Å². The lowest BCUT2D eigenvalue weighted by molar-refractivity contribution is -0.116. The number of aryl methyl sites for hydroxylation is 1. The molecule has 0 spiro atoms. The zero-order chi connectivity index (χ0) is 18.4. The lowest BCUT2D eigenvalue weighted by Crippen LogP contribution is -2.35. The maximum Gasteiger partial charge on any atom is 0.312 e. The van der Waals surface area contributed by atoms with Crippen molar-refractivity contribution < 1.29 is 14.3 Å². The molecule has 4 N–H and O–H groups in total. The molecule has 6 nitrogen and oxygen atoms in total. The maximum atomic E-state index is 12.5. The number of nitrogens with one attached hydrogen (secondary N) is 2. The van der Waals surface area contributed by atoms with Gasteiger partial charge in [0, 0.05) is 4.47 Å². The molecule has 2 aromatic rings. The highest BCUT2D eigenvalue weighted by Crippen LogP contribution is 2.27. The number of benzene rings is 2. The van der Waals surface area contributed by atoms with Crippen molar-refractivity contribution in [2.75, 3.05) is 12.4 Å². The number of urea groups is 1. The lowest BCUT2D eigenvalue weighted by atomic mass is 10.0. The molecule has 2 aromatic carbocycles. The van der Waals surface area contributed by atoms with Crippen LogP contribution in [-0.2, 0) is 4.79 Å². The maximum absolute atomic E-state index is 12.5. The summed E-state index contributed by atoms with van der Waals surface area (Å²) in [5.41, 5.74) is 7.60. The van der Waals surface area contributed by atoms with Crippen LogP contribution in [0.15, 0.2) is 46.9 Å². The topological polar surface area (TPSA) is 93.4 Å². The van der Waals surface area contributed by atoms with Gasteiger partial charge in [0.2, 0.25) is 5.91 Å². The molecule has 0 aromatic heterocycles. The van der Waals surface area contributed by atoms with Gasteiger partial charge in [-0.15, -0.1) is 0 Å². The largest absolute Gasteiger partial charge is 0.495 e. The zero-order valence-electron chi connectivity index (χ0n) is 14.0. The number of primary amides is 1. The summed E-state index contributed by atoms with van der Waals surface area (Å²) in [5.74, 6) is 0.309. The van der Waals surface area contributed by atoms with Crippen molar-refractivity contribution in [1.29, 1.82) is 0 Å². The van der Waals surface area contributed by atoms with E-state index in [-0.39, 0.29) is 12.3 Å². The Hall–Kier alpha value is -2.54. The second-order valence-corrected chi connectivity index (χ2v) is 6.49. The van der Waals surface area contributed by atoms with Gasteiger partial charge in [-0.3, -0.25) is 4.79 Å². The molecule has 0 saturated heterocycles. The van der Waals surface area contributed by atoms with E-state index in [2.05, 4.69) is 26.6 Å². The summed E-state index contributed by atoms with van der Waals surface area (Å²) in [5, 5.41) is 5.43. The Morgan fingerprint density at radius 2 is 2.00 bits per heavy atom. The number of carbonyl (C=O) groups excluding carboxylic acids is 2. The number of halogens is 1. The molecular formula is C18H20BrN3O3. The Balaban J connectivity index is 2.17. The van der Waals surface area contributed by atoms with Gasteiger partial charge in [-0.1, -0.05) is 34.1 Å². The van der Waals surface area contributed by atoms with E-state index in [1.54, 1.807) is 13.2 Å². The van der Waals surface area contributed by atoms with Crippen molar-refractivity contribution in [3.8, 4) is 5.75 Å². The standard InChI is InChI=1S/C18H20BrN3O3/c1-11-6-7-16(25-2)15(8-11)21-17(23)10-14(22-18(20)24)12-4-3-5-13(19)9-12/h3-9,14H,10H2,1-2H3,(H,21,23)(H3,20,22,24). The summed E-state index contributed by atoms with van der Waals surface area (Å²) in [6.07, 6.45) is 0.0382. The fourth-order valence-electron chi connectivity index (χ4n) is 2.45. The number of amides is 3. The first-order valence-electron chi connectivity index (χ1n) is 7.65. The van der Waals surface area contributed by atoms with Crippen molar-refractivity contribution in [2.45, 2.75) is 19.4 Å². The Morgan fingerprint density at radius 1 is 1.24 bits per heavy atom. The van der Waals surface area contributed by atoms with Crippen molar-refractivity contribution in [3.05, 3.63) is 58.1 Å². The molecule has 25 heavy (non-hydrogen) atoms. The van der Waals surface area contributed by atoms with Crippen molar-refractivity contribution >= 4 is 33.6 Å². The highest BCUT2D eigenvalue weighted by molar-refractivity contribution is 9.10. The van der Waals surface area contributed by atoms with Crippen LogP contribution in [0.5, 0.6) is 5.75 Å². The lowest BCUT2D eigenvalue weighted by Gasteiger charge is -2.19. The molecule has 0 saturated carbocycles. The molecular weight excluding hydrogens is 386 g/mol. The molecule has 0 aliphatic carbocycles. The van der Waals surface area contributed by atoms with Gasteiger partial charge < -0.3 is 21.1 Å². The van der Waals surface area contributed by atoms with Crippen LogP contribution < -0.4 is 21.1 Å². The van der Waals surface area contributed by atoms with E-state index in [0.29, 0.717) is 11.4 Å². The molecule has 0 aliphatic heterocycles. The van der Waals surface area contributed by atoms with E-state index in [9.17, 15) is 9.59 Å². The summed E-state index contributed by atoms with van der Waals surface area (Å²) in [4.78, 5) is 23.8. The third-order valence-electron chi connectivity index (χ3n) is 3.59. The Bertz CT molecular complexity index is 780. The summed E-state index contributed by atoms with van der Waals surface area (Å²) >= 11 is 3.38. The highest BCUT2D eigenvalue weighted by atomic mass is 79.9. The van der Waals surface area contributed by atoms with E-state index in [0.717, 1.165) is 15.6 Å². The second-order valence-electron chi connectivity index (χ2n) is 5.57. The third kappa shape index (κ3) is 5.49. The number of methoxy groups -OCH3 is 1. The molecule has 3 amide bonds. The van der Waals surface area contributed by atoms with E-state index in [4.69, 9.17) is 10.5 Å². The minimum Gasteiger partial charge on any atom is -0.495 e. The first-order chi connectivity index (χ1) is 11.9. The summed E-state index contributed by atoms with van der Waals surface area (Å²) < 4.78 is 6.11.